The molecule has 0 N–H and O–H groups in total. The summed E-state index contributed by atoms with van der Waals surface area (Å²) in [5, 5.41) is 0.730. The molecule has 2 aromatic carbocycles. The van der Waals surface area contributed by atoms with Gasteiger partial charge >= 0.3 is 5.97 Å². The summed E-state index contributed by atoms with van der Waals surface area (Å²) in [6, 6.07) is 19.2. The van der Waals surface area contributed by atoms with Crippen LogP contribution in [0.15, 0.2) is 60.7 Å². The van der Waals surface area contributed by atoms with Crippen molar-refractivity contribution in [2.75, 3.05) is 14.1 Å². The lowest BCUT2D eigenvalue weighted by molar-refractivity contribution is -0.137. The molecule has 138 valence electrons. The molecular formula is C21H20N2O3S. The Labute approximate surface area is 162 Å². The summed E-state index contributed by atoms with van der Waals surface area (Å²) >= 11 is 1.27. The number of hydrogen-bond donors (Lipinski definition) is 0. The number of nitrogens with zero attached hydrogens (tertiary/aromatic N) is 2. The predicted molar refractivity (Wildman–Crippen MR) is 107 cm³/mol. The number of thiazole rings is 1. The van der Waals surface area contributed by atoms with E-state index in [0.717, 1.165) is 16.1 Å². The van der Waals surface area contributed by atoms with Gasteiger partial charge in [0.15, 0.2) is 6.10 Å². The fourth-order valence-electron chi connectivity index (χ4n) is 2.58. The fourth-order valence-corrected chi connectivity index (χ4v) is 3.56. The zero-order valence-corrected chi connectivity index (χ0v) is 16.2. The third-order valence-corrected chi connectivity index (χ3v) is 5.04. The molecule has 1 heterocycles. The Morgan fingerprint density at radius 2 is 1.52 bits per heavy atom. The van der Waals surface area contributed by atoms with Gasteiger partial charge in [0, 0.05) is 25.2 Å². The normalized spacial score (nSPS) is 11.7. The van der Waals surface area contributed by atoms with Crippen LogP contribution in [0.4, 0.5) is 0 Å². The summed E-state index contributed by atoms with van der Waals surface area (Å²) in [6.45, 7) is 1.57. The van der Waals surface area contributed by atoms with Crippen molar-refractivity contribution in [3.63, 3.8) is 0 Å². The Kier molecular flexibility index (Phi) is 5.66. The van der Waals surface area contributed by atoms with Crippen LogP contribution >= 0.6 is 11.3 Å². The number of carbonyl (C=O) groups excluding carboxylic acids is 2. The monoisotopic (exact) mass is 380 g/mol. The van der Waals surface area contributed by atoms with Crippen molar-refractivity contribution in [2.45, 2.75) is 13.0 Å². The van der Waals surface area contributed by atoms with Gasteiger partial charge in [-0.1, -0.05) is 60.7 Å². The third kappa shape index (κ3) is 4.23. The lowest BCUT2D eigenvalue weighted by atomic mass is 10.1. The lowest BCUT2D eigenvalue weighted by Crippen LogP contribution is -2.34. The highest BCUT2D eigenvalue weighted by molar-refractivity contribution is 7.17. The molecule has 0 radical (unpaired) electrons. The van der Waals surface area contributed by atoms with E-state index in [0.29, 0.717) is 10.6 Å². The first kappa shape index (κ1) is 18.8. The minimum absolute atomic E-state index is 0.266. The molecule has 1 aromatic heterocycles. The molecule has 3 aromatic rings. The largest absolute Gasteiger partial charge is 0.448 e. The molecule has 1 amide bonds. The Hall–Kier alpha value is -2.99. The number of likely N-dealkylation sites (N-methyl/N-ethyl adjacent to an activating group) is 1. The molecule has 0 unspecified atom stereocenters. The molecule has 5 nitrogen and oxygen atoms in total. The van der Waals surface area contributed by atoms with Crippen LogP contribution < -0.4 is 0 Å². The van der Waals surface area contributed by atoms with Gasteiger partial charge in [0.25, 0.3) is 5.91 Å². The van der Waals surface area contributed by atoms with Crippen LogP contribution in [0.1, 0.15) is 16.6 Å². The zero-order chi connectivity index (χ0) is 19.4. The van der Waals surface area contributed by atoms with Crippen LogP contribution in [0.2, 0.25) is 0 Å². The van der Waals surface area contributed by atoms with Crippen molar-refractivity contribution >= 4 is 23.2 Å². The number of esters is 1. The van der Waals surface area contributed by atoms with Gasteiger partial charge in [0.1, 0.15) is 9.88 Å². The van der Waals surface area contributed by atoms with E-state index in [1.807, 2.05) is 60.7 Å². The molecule has 0 aliphatic carbocycles. The van der Waals surface area contributed by atoms with Crippen molar-refractivity contribution < 1.29 is 14.3 Å². The molecule has 3 rings (SSSR count). The van der Waals surface area contributed by atoms with E-state index in [9.17, 15) is 9.59 Å². The van der Waals surface area contributed by atoms with Crippen LogP contribution in [0.3, 0.4) is 0 Å². The maximum absolute atomic E-state index is 12.8. The Bertz CT molecular complexity index is 937. The van der Waals surface area contributed by atoms with E-state index in [-0.39, 0.29) is 5.91 Å². The van der Waals surface area contributed by atoms with Crippen molar-refractivity contribution in [3.05, 3.63) is 65.5 Å². The molecule has 0 aliphatic heterocycles. The summed E-state index contributed by atoms with van der Waals surface area (Å²) in [4.78, 5) is 31.3. The number of rotatable bonds is 5. The number of benzene rings is 2. The zero-order valence-electron chi connectivity index (χ0n) is 15.4. The maximum Gasteiger partial charge on any atom is 0.351 e. The molecule has 0 bridgehead atoms. The Morgan fingerprint density at radius 1 is 0.963 bits per heavy atom. The van der Waals surface area contributed by atoms with Crippen LogP contribution in [-0.2, 0) is 9.53 Å². The smallest absolute Gasteiger partial charge is 0.351 e. The topological polar surface area (TPSA) is 59.5 Å². The molecule has 6 heteroatoms. The maximum atomic E-state index is 12.8. The molecule has 27 heavy (non-hydrogen) atoms. The van der Waals surface area contributed by atoms with Crippen molar-refractivity contribution in [1.82, 2.24) is 9.88 Å². The van der Waals surface area contributed by atoms with Gasteiger partial charge in [0.2, 0.25) is 0 Å². The second kappa shape index (κ2) is 8.14. The van der Waals surface area contributed by atoms with E-state index >= 15 is 0 Å². The highest BCUT2D eigenvalue weighted by Crippen LogP contribution is 2.34. The second-order valence-corrected chi connectivity index (χ2v) is 7.21. The average molecular weight is 380 g/mol. The van der Waals surface area contributed by atoms with Gasteiger partial charge in [-0.25, -0.2) is 9.78 Å². The molecule has 0 saturated heterocycles. The third-order valence-electron chi connectivity index (χ3n) is 3.95. The molecule has 0 fully saturated rings. The van der Waals surface area contributed by atoms with Crippen LogP contribution in [0.5, 0.6) is 0 Å². The number of ether oxygens (including phenoxy) is 1. The summed E-state index contributed by atoms with van der Waals surface area (Å²) in [5.41, 5.74) is 2.32. The fraction of sp³-hybridized carbons (Fsp3) is 0.190. The highest BCUT2D eigenvalue weighted by atomic mass is 32.1. The standard InChI is InChI=1S/C21H20N2O3S/c1-14(20(24)23(2)3)26-21(25)18-17(15-10-6-4-7-11-15)22-19(27-18)16-12-8-5-9-13-16/h4-14H,1-3H3/t14-/m0/s1. The predicted octanol–water partition coefficient (Wildman–Crippen LogP) is 4.11. The SMILES string of the molecule is C[C@H](OC(=O)c1sc(-c2ccccc2)nc1-c1ccccc1)C(=O)N(C)C. The van der Waals surface area contributed by atoms with Crippen molar-refractivity contribution in [3.8, 4) is 21.8 Å². The van der Waals surface area contributed by atoms with E-state index in [1.165, 1.54) is 16.2 Å². The van der Waals surface area contributed by atoms with Crippen LogP contribution in [-0.4, -0.2) is 42.0 Å². The van der Waals surface area contributed by atoms with Crippen LogP contribution in [0.25, 0.3) is 21.8 Å². The number of carbonyl (C=O) groups is 2. The van der Waals surface area contributed by atoms with Gasteiger partial charge < -0.3 is 9.64 Å². The van der Waals surface area contributed by atoms with Gasteiger partial charge in [-0.15, -0.1) is 11.3 Å². The first-order chi connectivity index (χ1) is 13.0. The number of amides is 1. The molecular weight excluding hydrogens is 360 g/mol. The van der Waals surface area contributed by atoms with E-state index in [2.05, 4.69) is 4.98 Å². The van der Waals surface area contributed by atoms with Gasteiger partial charge in [0.05, 0.1) is 5.69 Å². The number of hydrogen-bond acceptors (Lipinski definition) is 5. The van der Waals surface area contributed by atoms with E-state index in [4.69, 9.17) is 4.74 Å². The van der Waals surface area contributed by atoms with Crippen LogP contribution in [0, 0.1) is 0 Å². The average Bonchev–Trinajstić information content (AvgIpc) is 3.14. The van der Waals surface area contributed by atoms with Crippen molar-refractivity contribution in [2.24, 2.45) is 0 Å². The van der Waals surface area contributed by atoms with Gasteiger partial charge in [-0.3, -0.25) is 4.79 Å². The lowest BCUT2D eigenvalue weighted by Gasteiger charge is -2.17. The van der Waals surface area contributed by atoms with Gasteiger partial charge in [-0.05, 0) is 6.92 Å². The minimum atomic E-state index is -0.863. The number of aromatic nitrogens is 1. The Morgan fingerprint density at radius 3 is 2.07 bits per heavy atom. The van der Waals surface area contributed by atoms with E-state index in [1.54, 1.807) is 21.0 Å². The summed E-state index contributed by atoms with van der Waals surface area (Å²) in [5.74, 6) is -0.811. The second-order valence-electron chi connectivity index (χ2n) is 6.21. The Balaban J connectivity index is 1.99. The molecule has 0 saturated carbocycles. The summed E-state index contributed by atoms with van der Waals surface area (Å²) < 4.78 is 5.41. The van der Waals surface area contributed by atoms with E-state index < -0.39 is 12.1 Å². The van der Waals surface area contributed by atoms with Gasteiger partial charge in [-0.2, -0.15) is 0 Å². The summed E-state index contributed by atoms with van der Waals surface area (Å²) in [6.07, 6.45) is -0.863. The molecule has 0 aliphatic rings. The first-order valence-corrected chi connectivity index (χ1v) is 9.33. The van der Waals surface area contributed by atoms with Crippen molar-refractivity contribution in [1.29, 1.82) is 0 Å². The quantitative estimate of drug-likeness (QED) is 0.625. The summed E-state index contributed by atoms with van der Waals surface area (Å²) in [7, 11) is 3.25. The minimum Gasteiger partial charge on any atom is -0.448 e. The first-order valence-electron chi connectivity index (χ1n) is 8.51. The molecule has 1 atom stereocenters. The molecule has 0 spiro atoms. The highest BCUT2D eigenvalue weighted by Gasteiger charge is 2.26.